The molecule has 0 spiro atoms. The van der Waals surface area contributed by atoms with Crippen LogP contribution in [0.2, 0.25) is 0 Å². The van der Waals surface area contributed by atoms with Gasteiger partial charge >= 0.3 is 0 Å². The first-order valence-electron chi connectivity index (χ1n) is 10.4. The van der Waals surface area contributed by atoms with Crippen LogP contribution in [0.5, 0.6) is 5.75 Å². The molecule has 33 heavy (non-hydrogen) atoms. The summed E-state index contributed by atoms with van der Waals surface area (Å²) in [4.78, 5) is 13.2. The maximum atomic E-state index is 13.3. The van der Waals surface area contributed by atoms with Crippen molar-refractivity contribution in [3.63, 3.8) is 0 Å². The molecule has 0 saturated carbocycles. The Kier molecular flexibility index (Phi) is 6.56. The second kappa shape index (κ2) is 9.71. The highest BCUT2D eigenvalue weighted by atomic mass is 32.2. The summed E-state index contributed by atoms with van der Waals surface area (Å²) >= 11 is 0. The Balaban J connectivity index is 1.56. The lowest BCUT2D eigenvalue weighted by Crippen LogP contribution is -2.40. The summed E-state index contributed by atoms with van der Waals surface area (Å²) < 4.78 is 33.1. The number of hydrogen-bond donors (Lipinski definition) is 0. The number of aryl methyl sites for hydroxylation is 1. The van der Waals surface area contributed by atoms with E-state index in [1.165, 1.54) is 12.1 Å². The van der Waals surface area contributed by atoms with Gasteiger partial charge in [-0.2, -0.15) is 4.31 Å². The molecular weight excluding hydrogens is 434 g/mol. The molecule has 0 aliphatic carbocycles. The van der Waals surface area contributed by atoms with Gasteiger partial charge in [0.25, 0.3) is 15.9 Å². The molecule has 0 atom stereocenters. The fourth-order valence-corrected chi connectivity index (χ4v) is 4.80. The number of nitrogens with zero attached hydrogens (tertiary/aromatic N) is 1. The maximum Gasteiger partial charge on any atom is 0.278 e. The highest BCUT2D eigenvalue weighted by molar-refractivity contribution is 7.93. The van der Waals surface area contributed by atoms with Gasteiger partial charge in [-0.05, 0) is 54.4 Å². The Morgan fingerprint density at radius 2 is 1.27 bits per heavy atom. The molecule has 4 aromatic carbocycles. The fraction of sp³-hybridized carbons (Fsp3) is 0.0741. The Labute approximate surface area is 193 Å². The van der Waals surface area contributed by atoms with E-state index in [1.807, 2.05) is 49.4 Å². The summed E-state index contributed by atoms with van der Waals surface area (Å²) in [6.45, 7) is 1.47. The van der Waals surface area contributed by atoms with Gasteiger partial charge in [-0.15, -0.1) is 0 Å². The van der Waals surface area contributed by atoms with Gasteiger partial charge in [0.15, 0.2) is 6.61 Å². The first-order valence-corrected chi connectivity index (χ1v) is 11.9. The van der Waals surface area contributed by atoms with E-state index in [4.69, 9.17) is 4.74 Å². The molecule has 0 radical (unpaired) electrons. The van der Waals surface area contributed by atoms with Crippen LogP contribution in [-0.2, 0) is 14.8 Å². The largest absolute Gasteiger partial charge is 0.484 e. The van der Waals surface area contributed by atoms with Crippen molar-refractivity contribution in [2.24, 2.45) is 0 Å². The molecule has 0 bridgehead atoms. The molecule has 0 unspecified atom stereocenters. The molecule has 0 aliphatic heterocycles. The minimum Gasteiger partial charge on any atom is -0.484 e. The zero-order chi connectivity index (χ0) is 23.3. The van der Waals surface area contributed by atoms with Crippen LogP contribution in [0.3, 0.4) is 0 Å². The predicted molar refractivity (Wildman–Crippen MR) is 130 cm³/mol. The quantitative estimate of drug-likeness (QED) is 0.370. The molecule has 0 saturated heterocycles. The number of carbonyl (C=O) groups is 1. The highest BCUT2D eigenvalue weighted by Gasteiger charge is 2.31. The summed E-state index contributed by atoms with van der Waals surface area (Å²) in [5.41, 5.74) is 3.30. The van der Waals surface area contributed by atoms with Crippen LogP contribution in [0.25, 0.3) is 11.1 Å². The average molecular weight is 458 g/mol. The smallest absolute Gasteiger partial charge is 0.278 e. The molecule has 0 aromatic heterocycles. The molecule has 4 aromatic rings. The van der Waals surface area contributed by atoms with Crippen LogP contribution in [-0.4, -0.2) is 20.9 Å². The molecule has 0 heterocycles. The van der Waals surface area contributed by atoms with E-state index < -0.39 is 22.5 Å². The van der Waals surface area contributed by atoms with Gasteiger partial charge in [-0.25, -0.2) is 8.42 Å². The van der Waals surface area contributed by atoms with Crippen molar-refractivity contribution in [2.75, 3.05) is 10.9 Å². The fourth-order valence-electron chi connectivity index (χ4n) is 3.37. The normalized spacial score (nSPS) is 11.1. The first kappa shape index (κ1) is 22.3. The third kappa shape index (κ3) is 5.13. The summed E-state index contributed by atoms with van der Waals surface area (Å²) in [5, 5.41) is 0. The van der Waals surface area contributed by atoms with Gasteiger partial charge in [0.2, 0.25) is 0 Å². The number of hydrogen-bond acceptors (Lipinski definition) is 4. The number of carbonyl (C=O) groups excluding carboxylic acids is 1. The summed E-state index contributed by atoms with van der Waals surface area (Å²) in [6, 6.07) is 31.9. The van der Waals surface area contributed by atoms with Crippen LogP contribution >= 0.6 is 0 Å². The van der Waals surface area contributed by atoms with Crippen LogP contribution < -0.4 is 9.04 Å². The summed E-state index contributed by atoms with van der Waals surface area (Å²) in [6.07, 6.45) is 0. The SMILES string of the molecule is Cc1ccc(N(C(=O)COc2ccc(-c3ccccc3)cc2)S(=O)(=O)c2ccccc2)cc1. The monoisotopic (exact) mass is 457 g/mol. The number of benzene rings is 4. The third-order valence-electron chi connectivity index (χ3n) is 5.10. The Hall–Kier alpha value is -3.90. The Bertz CT molecular complexity index is 1320. The number of anilines is 1. The number of sulfonamides is 1. The molecule has 166 valence electrons. The lowest BCUT2D eigenvalue weighted by atomic mass is 10.1. The van der Waals surface area contributed by atoms with E-state index in [-0.39, 0.29) is 10.6 Å². The van der Waals surface area contributed by atoms with Gasteiger partial charge in [0.05, 0.1) is 10.6 Å². The average Bonchev–Trinajstić information content (AvgIpc) is 2.85. The Morgan fingerprint density at radius 1 is 0.727 bits per heavy atom. The number of ether oxygens (including phenoxy) is 1. The summed E-state index contributed by atoms with van der Waals surface area (Å²) in [7, 11) is -4.11. The lowest BCUT2D eigenvalue weighted by molar-refractivity contribution is -0.119. The second-order valence-corrected chi connectivity index (χ2v) is 9.28. The van der Waals surface area contributed by atoms with Gasteiger partial charge < -0.3 is 4.74 Å². The van der Waals surface area contributed by atoms with E-state index in [0.29, 0.717) is 5.75 Å². The molecular formula is C27H23NO4S. The van der Waals surface area contributed by atoms with Crippen molar-refractivity contribution >= 4 is 21.6 Å². The predicted octanol–water partition coefficient (Wildman–Crippen LogP) is 5.46. The van der Waals surface area contributed by atoms with Gasteiger partial charge in [0.1, 0.15) is 5.75 Å². The third-order valence-corrected chi connectivity index (χ3v) is 6.86. The molecule has 0 N–H and O–H groups in total. The van der Waals surface area contributed by atoms with Crippen molar-refractivity contribution in [2.45, 2.75) is 11.8 Å². The van der Waals surface area contributed by atoms with Crippen molar-refractivity contribution in [3.05, 3.63) is 115 Å². The molecule has 6 heteroatoms. The van der Waals surface area contributed by atoms with E-state index in [0.717, 1.165) is 21.0 Å². The minimum atomic E-state index is -4.11. The van der Waals surface area contributed by atoms with E-state index in [9.17, 15) is 13.2 Å². The highest BCUT2D eigenvalue weighted by Crippen LogP contribution is 2.26. The molecule has 1 amide bonds. The molecule has 4 rings (SSSR count). The van der Waals surface area contributed by atoms with Gasteiger partial charge in [-0.3, -0.25) is 4.79 Å². The van der Waals surface area contributed by atoms with E-state index >= 15 is 0 Å². The summed E-state index contributed by atoms with van der Waals surface area (Å²) in [5.74, 6) is -0.209. The standard InChI is InChI=1S/C27H23NO4S/c1-21-12-16-24(17-13-21)28(33(30,31)26-10-6-3-7-11-26)27(29)20-32-25-18-14-23(15-19-25)22-8-4-2-5-9-22/h2-19H,20H2,1H3. The van der Waals surface area contributed by atoms with Crippen molar-refractivity contribution in [1.29, 1.82) is 0 Å². The van der Waals surface area contributed by atoms with Gasteiger partial charge in [-0.1, -0.05) is 78.4 Å². The first-order chi connectivity index (χ1) is 15.9. The lowest BCUT2D eigenvalue weighted by Gasteiger charge is -2.23. The van der Waals surface area contributed by atoms with Crippen LogP contribution in [0, 0.1) is 6.92 Å². The van der Waals surface area contributed by atoms with Crippen LogP contribution in [0.1, 0.15) is 5.56 Å². The van der Waals surface area contributed by atoms with E-state index in [2.05, 4.69) is 0 Å². The number of rotatable bonds is 7. The molecule has 0 fully saturated rings. The van der Waals surface area contributed by atoms with Crippen molar-refractivity contribution in [1.82, 2.24) is 0 Å². The topological polar surface area (TPSA) is 63.7 Å². The van der Waals surface area contributed by atoms with Crippen molar-refractivity contribution in [3.8, 4) is 16.9 Å². The molecule has 5 nitrogen and oxygen atoms in total. The van der Waals surface area contributed by atoms with Gasteiger partial charge in [0, 0.05) is 0 Å². The number of amides is 1. The minimum absolute atomic E-state index is 0.0335. The van der Waals surface area contributed by atoms with Crippen molar-refractivity contribution < 1.29 is 17.9 Å². The van der Waals surface area contributed by atoms with E-state index in [1.54, 1.807) is 54.6 Å². The zero-order valence-electron chi connectivity index (χ0n) is 18.1. The zero-order valence-corrected chi connectivity index (χ0v) is 18.9. The van der Waals surface area contributed by atoms with Crippen LogP contribution in [0.4, 0.5) is 5.69 Å². The second-order valence-electron chi connectivity index (χ2n) is 7.49. The van der Waals surface area contributed by atoms with Crippen LogP contribution in [0.15, 0.2) is 114 Å². The maximum absolute atomic E-state index is 13.3. The molecule has 0 aliphatic rings. The Morgan fingerprint density at radius 3 is 1.88 bits per heavy atom.